The Morgan fingerprint density at radius 1 is 1.12 bits per heavy atom. The lowest BCUT2D eigenvalue weighted by atomic mass is 10.2. The Hall–Kier alpha value is -2.02. The molecule has 0 aliphatic heterocycles. The summed E-state index contributed by atoms with van der Waals surface area (Å²) >= 11 is 10.9. The van der Waals surface area contributed by atoms with Crippen molar-refractivity contribution in [1.82, 2.24) is 15.5 Å². The van der Waals surface area contributed by atoms with Gasteiger partial charge >= 0.3 is 0 Å². The molecule has 1 amide bonds. The summed E-state index contributed by atoms with van der Waals surface area (Å²) in [4.78, 5) is 12.2. The SMILES string of the molecule is O=C(NCc1ccccc1)c1nnc(/C(Cl)=C/c2cccc(Br)c2)s1. The van der Waals surface area contributed by atoms with Crippen molar-refractivity contribution in [1.29, 1.82) is 0 Å². The highest BCUT2D eigenvalue weighted by molar-refractivity contribution is 9.10. The first-order valence-corrected chi connectivity index (χ1v) is 9.39. The van der Waals surface area contributed by atoms with Gasteiger partial charge < -0.3 is 5.32 Å². The van der Waals surface area contributed by atoms with E-state index in [9.17, 15) is 4.79 Å². The Morgan fingerprint density at radius 3 is 2.64 bits per heavy atom. The molecule has 4 nitrogen and oxygen atoms in total. The Labute approximate surface area is 162 Å². The Balaban J connectivity index is 1.68. The van der Waals surface area contributed by atoms with Crippen LogP contribution in [0, 0.1) is 0 Å². The zero-order chi connectivity index (χ0) is 17.6. The van der Waals surface area contributed by atoms with Crippen molar-refractivity contribution in [3.63, 3.8) is 0 Å². The molecule has 126 valence electrons. The van der Waals surface area contributed by atoms with Crippen LogP contribution in [0.15, 0.2) is 59.1 Å². The second-order valence-electron chi connectivity index (χ2n) is 5.13. The molecule has 0 spiro atoms. The van der Waals surface area contributed by atoms with E-state index in [1.165, 1.54) is 0 Å². The molecule has 0 radical (unpaired) electrons. The summed E-state index contributed by atoms with van der Waals surface area (Å²) < 4.78 is 0.962. The number of amides is 1. The third-order valence-corrected chi connectivity index (χ3v) is 5.11. The van der Waals surface area contributed by atoms with Gasteiger partial charge in [-0.05, 0) is 29.3 Å². The molecule has 0 saturated heterocycles. The Kier molecular flexibility index (Phi) is 5.96. The molecule has 2 aromatic carbocycles. The van der Waals surface area contributed by atoms with Gasteiger partial charge in [-0.3, -0.25) is 4.79 Å². The van der Waals surface area contributed by atoms with Gasteiger partial charge in [0, 0.05) is 11.0 Å². The fraction of sp³-hybridized carbons (Fsp3) is 0.0556. The molecule has 0 aliphatic rings. The maximum Gasteiger partial charge on any atom is 0.282 e. The summed E-state index contributed by atoms with van der Waals surface area (Å²) in [6.07, 6.45) is 1.79. The second kappa shape index (κ2) is 8.38. The molecule has 1 aromatic heterocycles. The van der Waals surface area contributed by atoms with E-state index in [0.29, 0.717) is 16.6 Å². The van der Waals surface area contributed by atoms with E-state index in [2.05, 4.69) is 31.4 Å². The van der Waals surface area contributed by atoms with Gasteiger partial charge in [0.15, 0.2) is 5.01 Å². The van der Waals surface area contributed by atoms with Crippen molar-refractivity contribution in [3.05, 3.63) is 80.2 Å². The Morgan fingerprint density at radius 2 is 1.88 bits per heavy atom. The minimum Gasteiger partial charge on any atom is -0.346 e. The smallest absolute Gasteiger partial charge is 0.282 e. The lowest BCUT2D eigenvalue weighted by Gasteiger charge is -2.02. The summed E-state index contributed by atoms with van der Waals surface area (Å²) in [6, 6.07) is 17.4. The predicted molar refractivity (Wildman–Crippen MR) is 105 cm³/mol. The van der Waals surface area contributed by atoms with Crippen LogP contribution < -0.4 is 5.32 Å². The molecular formula is C18H13BrClN3OS. The van der Waals surface area contributed by atoms with Crippen LogP contribution in [-0.2, 0) is 6.54 Å². The van der Waals surface area contributed by atoms with Crippen molar-refractivity contribution < 1.29 is 4.79 Å². The molecule has 0 bridgehead atoms. The normalized spacial score (nSPS) is 11.4. The van der Waals surface area contributed by atoms with Gasteiger partial charge in [-0.15, -0.1) is 10.2 Å². The van der Waals surface area contributed by atoms with Gasteiger partial charge in [0.1, 0.15) is 0 Å². The third-order valence-electron chi connectivity index (χ3n) is 3.26. The van der Waals surface area contributed by atoms with Gasteiger partial charge in [0.25, 0.3) is 5.91 Å². The van der Waals surface area contributed by atoms with E-state index in [1.807, 2.05) is 54.6 Å². The topological polar surface area (TPSA) is 54.9 Å². The standard InChI is InChI=1S/C18H13BrClN3OS/c19-14-8-4-7-13(9-14)10-15(20)17-22-23-18(25-17)16(24)21-11-12-5-2-1-3-6-12/h1-10H,11H2,(H,21,24)/b15-10-. The zero-order valence-electron chi connectivity index (χ0n) is 12.9. The first kappa shape index (κ1) is 17.8. The van der Waals surface area contributed by atoms with E-state index in [0.717, 1.165) is 26.9 Å². The summed E-state index contributed by atoms with van der Waals surface area (Å²) in [5.74, 6) is -0.264. The molecule has 1 heterocycles. The maximum absolute atomic E-state index is 12.2. The molecule has 0 fully saturated rings. The van der Waals surface area contributed by atoms with Gasteiger partial charge in [-0.1, -0.05) is 81.3 Å². The van der Waals surface area contributed by atoms with Gasteiger partial charge in [-0.2, -0.15) is 0 Å². The summed E-state index contributed by atoms with van der Waals surface area (Å²) in [6.45, 7) is 0.441. The Bertz CT molecular complexity index is 911. The van der Waals surface area contributed by atoms with Gasteiger partial charge in [0.2, 0.25) is 5.01 Å². The number of nitrogens with one attached hydrogen (secondary N) is 1. The van der Waals surface area contributed by atoms with E-state index in [1.54, 1.807) is 6.08 Å². The first-order valence-electron chi connectivity index (χ1n) is 7.40. The maximum atomic E-state index is 12.2. The van der Waals surface area contributed by atoms with Crippen LogP contribution in [-0.4, -0.2) is 16.1 Å². The number of nitrogens with zero attached hydrogens (tertiary/aromatic N) is 2. The van der Waals surface area contributed by atoms with Crippen LogP contribution in [0.25, 0.3) is 11.1 Å². The number of hydrogen-bond donors (Lipinski definition) is 1. The van der Waals surface area contributed by atoms with Gasteiger partial charge in [-0.25, -0.2) is 0 Å². The number of carbonyl (C=O) groups is 1. The van der Waals surface area contributed by atoms with Crippen LogP contribution in [0.4, 0.5) is 0 Å². The largest absolute Gasteiger partial charge is 0.346 e. The number of benzene rings is 2. The lowest BCUT2D eigenvalue weighted by molar-refractivity contribution is 0.0950. The fourth-order valence-electron chi connectivity index (χ4n) is 2.07. The molecule has 0 unspecified atom stereocenters. The number of aromatic nitrogens is 2. The van der Waals surface area contributed by atoms with Crippen LogP contribution in [0.3, 0.4) is 0 Å². The molecular weight excluding hydrogens is 422 g/mol. The summed E-state index contributed by atoms with van der Waals surface area (Å²) in [7, 11) is 0. The lowest BCUT2D eigenvalue weighted by Crippen LogP contribution is -2.22. The zero-order valence-corrected chi connectivity index (χ0v) is 16.1. The number of carbonyl (C=O) groups excluding carboxylic acids is 1. The van der Waals surface area contributed by atoms with E-state index >= 15 is 0 Å². The molecule has 3 rings (SSSR count). The van der Waals surface area contributed by atoms with Crippen molar-refractivity contribution in [2.45, 2.75) is 6.54 Å². The first-order chi connectivity index (χ1) is 12.1. The third kappa shape index (κ3) is 4.98. The average Bonchev–Trinajstić information content (AvgIpc) is 3.11. The number of rotatable bonds is 5. The molecule has 0 aliphatic carbocycles. The van der Waals surface area contributed by atoms with Crippen LogP contribution in [0.1, 0.15) is 25.9 Å². The second-order valence-corrected chi connectivity index (χ2v) is 7.43. The summed E-state index contributed by atoms with van der Waals surface area (Å²) in [5, 5.41) is 12.0. The van der Waals surface area contributed by atoms with Gasteiger partial charge in [0.05, 0.1) is 5.03 Å². The van der Waals surface area contributed by atoms with E-state index in [-0.39, 0.29) is 10.9 Å². The quantitative estimate of drug-likeness (QED) is 0.617. The highest BCUT2D eigenvalue weighted by Crippen LogP contribution is 2.26. The van der Waals surface area contributed by atoms with Crippen molar-refractivity contribution in [2.75, 3.05) is 0 Å². The predicted octanol–water partition coefficient (Wildman–Crippen LogP) is 4.97. The average molecular weight is 435 g/mol. The van der Waals surface area contributed by atoms with Crippen molar-refractivity contribution in [2.24, 2.45) is 0 Å². The molecule has 3 aromatic rings. The molecule has 0 saturated carbocycles. The molecule has 7 heteroatoms. The van der Waals surface area contributed by atoms with Crippen LogP contribution in [0.5, 0.6) is 0 Å². The van der Waals surface area contributed by atoms with Crippen molar-refractivity contribution in [3.8, 4) is 0 Å². The highest BCUT2D eigenvalue weighted by Gasteiger charge is 2.14. The fourth-order valence-corrected chi connectivity index (χ4v) is 3.43. The van der Waals surface area contributed by atoms with Crippen molar-refractivity contribution >= 4 is 55.9 Å². The molecule has 0 atom stereocenters. The number of halogens is 2. The minimum atomic E-state index is -0.264. The minimum absolute atomic E-state index is 0.264. The monoisotopic (exact) mass is 433 g/mol. The highest BCUT2D eigenvalue weighted by atomic mass is 79.9. The summed E-state index contributed by atoms with van der Waals surface area (Å²) in [5.41, 5.74) is 1.96. The van der Waals surface area contributed by atoms with Crippen LogP contribution >= 0.6 is 38.9 Å². The van der Waals surface area contributed by atoms with E-state index < -0.39 is 0 Å². The van der Waals surface area contributed by atoms with Crippen LogP contribution in [0.2, 0.25) is 0 Å². The molecule has 25 heavy (non-hydrogen) atoms. The number of hydrogen-bond acceptors (Lipinski definition) is 4. The van der Waals surface area contributed by atoms with E-state index in [4.69, 9.17) is 11.6 Å². The molecule has 1 N–H and O–H groups in total.